The molecule has 1 aliphatic rings. The lowest BCUT2D eigenvalue weighted by Gasteiger charge is -2.06. The van der Waals surface area contributed by atoms with Gasteiger partial charge in [-0.05, 0) is 42.3 Å². The van der Waals surface area contributed by atoms with Gasteiger partial charge in [0.05, 0.1) is 16.5 Å². The van der Waals surface area contributed by atoms with Crippen LogP contribution in [0.5, 0.6) is 0 Å². The first kappa shape index (κ1) is 15.3. The number of nitrogens with zero attached hydrogens (tertiary/aromatic N) is 2. The molecule has 0 amide bonds. The van der Waals surface area contributed by atoms with Crippen molar-refractivity contribution in [1.82, 2.24) is 9.55 Å². The van der Waals surface area contributed by atoms with E-state index in [1.54, 1.807) is 28.8 Å². The Bertz CT molecular complexity index is 1120. The van der Waals surface area contributed by atoms with E-state index < -0.39 is 5.97 Å². The third kappa shape index (κ3) is 2.52. The van der Waals surface area contributed by atoms with Crippen molar-refractivity contribution in [1.29, 1.82) is 0 Å². The maximum absolute atomic E-state index is 13.9. The predicted octanol–water partition coefficient (Wildman–Crippen LogP) is 3.18. The van der Waals surface area contributed by atoms with Crippen LogP contribution in [0.1, 0.15) is 28.2 Å². The zero-order valence-electron chi connectivity index (χ0n) is 13.1. The second kappa shape index (κ2) is 5.66. The van der Waals surface area contributed by atoms with Crippen LogP contribution < -0.4 is 5.56 Å². The van der Waals surface area contributed by atoms with Gasteiger partial charge < -0.3 is 5.11 Å². The lowest BCUT2D eigenvalue weighted by atomic mass is 10.1. The van der Waals surface area contributed by atoms with Crippen molar-refractivity contribution in [3.05, 3.63) is 75.6 Å². The van der Waals surface area contributed by atoms with Crippen molar-refractivity contribution in [3.63, 3.8) is 0 Å². The molecular weight excluding hydrogens is 323 g/mol. The fraction of sp³-hybridized carbons (Fsp3) is 0.105. The molecule has 0 saturated heterocycles. The van der Waals surface area contributed by atoms with E-state index in [0.29, 0.717) is 35.3 Å². The summed E-state index contributed by atoms with van der Waals surface area (Å²) in [6.45, 7) is 0.470. The normalized spacial score (nSPS) is 14.8. The largest absolute Gasteiger partial charge is 0.478 e. The summed E-state index contributed by atoms with van der Waals surface area (Å²) >= 11 is 0. The fourth-order valence-electron chi connectivity index (χ4n) is 3.07. The van der Waals surface area contributed by atoms with Gasteiger partial charge in [0.15, 0.2) is 0 Å². The van der Waals surface area contributed by atoms with Crippen molar-refractivity contribution >= 4 is 28.5 Å². The molecule has 0 saturated carbocycles. The summed E-state index contributed by atoms with van der Waals surface area (Å²) in [5.74, 6) is -0.959. The number of carboxylic acid groups (broad SMARTS) is 1. The summed E-state index contributed by atoms with van der Waals surface area (Å²) in [4.78, 5) is 28.3. The Hall–Kier alpha value is -3.28. The third-order valence-electron chi connectivity index (χ3n) is 4.33. The number of carbonyl (C=O) groups is 1. The molecule has 0 unspecified atom stereocenters. The molecule has 0 radical (unpaired) electrons. The van der Waals surface area contributed by atoms with Crippen LogP contribution in [-0.4, -0.2) is 20.6 Å². The van der Waals surface area contributed by atoms with Crippen LogP contribution in [0.25, 0.3) is 22.6 Å². The van der Waals surface area contributed by atoms with Crippen molar-refractivity contribution < 1.29 is 14.3 Å². The van der Waals surface area contributed by atoms with E-state index in [1.165, 1.54) is 24.3 Å². The van der Waals surface area contributed by atoms with Crippen LogP contribution >= 0.6 is 0 Å². The summed E-state index contributed by atoms with van der Waals surface area (Å²) in [5.41, 5.74) is 1.37. The Balaban J connectivity index is 1.92. The standard InChI is InChI=1S/C19H13FN2O3/c20-15-4-2-1-3-11(15)9-12-7-8-22-17(12)21-16-10-13(19(24)25)5-6-14(16)18(22)23/h1-6,9-10H,7-8H2,(H,24,25)/b12-9+. The van der Waals surface area contributed by atoms with Crippen LogP contribution in [0, 0.1) is 5.82 Å². The number of carboxylic acids is 1. The first-order valence-corrected chi connectivity index (χ1v) is 7.78. The van der Waals surface area contributed by atoms with E-state index in [4.69, 9.17) is 5.11 Å². The number of aromatic carboxylic acids is 1. The number of hydrogen-bond acceptors (Lipinski definition) is 3. The Morgan fingerprint density at radius 3 is 2.80 bits per heavy atom. The highest BCUT2D eigenvalue weighted by Gasteiger charge is 2.21. The molecule has 0 spiro atoms. The number of halogens is 1. The van der Waals surface area contributed by atoms with Crippen LogP contribution in [-0.2, 0) is 6.54 Å². The molecule has 1 aromatic heterocycles. The fourth-order valence-corrected chi connectivity index (χ4v) is 3.07. The summed E-state index contributed by atoms with van der Waals surface area (Å²) in [6, 6.07) is 10.7. The van der Waals surface area contributed by atoms with E-state index in [2.05, 4.69) is 4.98 Å². The first-order chi connectivity index (χ1) is 12.0. The molecule has 0 aliphatic carbocycles. The highest BCUT2D eigenvalue weighted by atomic mass is 19.1. The summed E-state index contributed by atoms with van der Waals surface area (Å²) < 4.78 is 15.4. The number of fused-ring (bicyclic) bond motifs is 2. The predicted molar refractivity (Wildman–Crippen MR) is 91.9 cm³/mol. The monoisotopic (exact) mass is 336 g/mol. The van der Waals surface area contributed by atoms with E-state index >= 15 is 0 Å². The highest BCUT2D eigenvalue weighted by Crippen LogP contribution is 2.28. The molecule has 3 aromatic rings. The second-order valence-corrected chi connectivity index (χ2v) is 5.87. The SMILES string of the molecule is O=C(O)c1ccc2c(=O)n3c(nc2c1)/C(=C/c1ccccc1F)CC3. The Morgan fingerprint density at radius 1 is 1.24 bits per heavy atom. The Labute approximate surface area is 141 Å². The summed E-state index contributed by atoms with van der Waals surface area (Å²) in [6.07, 6.45) is 2.26. The van der Waals surface area contributed by atoms with Gasteiger partial charge in [0.2, 0.25) is 0 Å². The summed E-state index contributed by atoms with van der Waals surface area (Å²) in [7, 11) is 0. The molecule has 2 aromatic carbocycles. The Kier molecular flexibility index (Phi) is 3.46. The van der Waals surface area contributed by atoms with Crippen molar-refractivity contribution in [2.24, 2.45) is 0 Å². The van der Waals surface area contributed by atoms with Crippen molar-refractivity contribution in [2.75, 3.05) is 0 Å². The topological polar surface area (TPSA) is 72.2 Å². The number of benzene rings is 2. The van der Waals surface area contributed by atoms with Gasteiger partial charge in [-0.15, -0.1) is 0 Å². The van der Waals surface area contributed by atoms with Gasteiger partial charge in [-0.2, -0.15) is 0 Å². The molecule has 0 fully saturated rings. The number of hydrogen-bond donors (Lipinski definition) is 1. The minimum absolute atomic E-state index is 0.0713. The van der Waals surface area contributed by atoms with Gasteiger partial charge in [0, 0.05) is 12.1 Å². The second-order valence-electron chi connectivity index (χ2n) is 5.87. The molecular formula is C19H13FN2O3. The minimum Gasteiger partial charge on any atom is -0.478 e. The molecule has 1 N–H and O–H groups in total. The molecule has 124 valence electrons. The van der Waals surface area contributed by atoms with Crippen molar-refractivity contribution in [3.8, 4) is 0 Å². The van der Waals surface area contributed by atoms with E-state index in [-0.39, 0.29) is 16.9 Å². The third-order valence-corrected chi connectivity index (χ3v) is 4.33. The van der Waals surface area contributed by atoms with Crippen molar-refractivity contribution in [2.45, 2.75) is 13.0 Å². The zero-order chi connectivity index (χ0) is 17.6. The lowest BCUT2D eigenvalue weighted by molar-refractivity contribution is 0.0697. The Morgan fingerprint density at radius 2 is 2.04 bits per heavy atom. The van der Waals surface area contributed by atoms with E-state index in [1.807, 2.05) is 0 Å². The van der Waals surface area contributed by atoms with Crippen LogP contribution in [0.2, 0.25) is 0 Å². The lowest BCUT2D eigenvalue weighted by Crippen LogP contribution is -2.21. The molecule has 1 aliphatic heterocycles. The average molecular weight is 336 g/mol. The number of rotatable bonds is 2. The van der Waals surface area contributed by atoms with Crippen LogP contribution in [0.3, 0.4) is 0 Å². The average Bonchev–Trinajstić information content (AvgIpc) is 3.00. The maximum atomic E-state index is 13.9. The van der Waals surface area contributed by atoms with Crippen LogP contribution in [0.4, 0.5) is 4.39 Å². The van der Waals surface area contributed by atoms with Gasteiger partial charge in [-0.1, -0.05) is 18.2 Å². The van der Waals surface area contributed by atoms with Gasteiger partial charge in [0.25, 0.3) is 5.56 Å². The smallest absolute Gasteiger partial charge is 0.335 e. The minimum atomic E-state index is -1.08. The van der Waals surface area contributed by atoms with Gasteiger partial charge in [-0.25, -0.2) is 14.2 Å². The summed E-state index contributed by atoms with van der Waals surface area (Å²) in [5, 5.41) is 9.50. The highest BCUT2D eigenvalue weighted by molar-refractivity contribution is 5.93. The maximum Gasteiger partial charge on any atom is 0.335 e. The molecule has 2 heterocycles. The molecule has 25 heavy (non-hydrogen) atoms. The number of allylic oxidation sites excluding steroid dienone is 1. The molecule has 0 atom stereocenters. The molecule has 4 rings (SSSR count). The van der Waals surface area contributed by atoms with Crippen LogP contribution in [0.15, 0.2) is 47.3 Å². The van der Waals surface area contributed by atoms with Gasteiger partial charge >= 0.3 is 5.97 Å². The van der Waals surface area contributed by atoms with E-state index in [0.717, 1.165) is 5.57 Å². The van der Waals surface area contributed by atoms with Gasteiger partial charge in [-0.3, -0.25) is 9.36 Å². The molecule has 6 heteroatoms. The quantitative estimate of drug-likeness (QED) is 0.780. The zero-order valence-corrected chi connectivity index (χ0v) is 13.1. The van der Waals surface area contributed by atoms with E-state index in [9.17, 15) is 14.0 Å². The molecule has 0 bridgehead atoms. The number of aromatic nitrogens is 2. The van der Waals surface area contributed by atoms with Gasteiger partial charge in [0.1, 0.15) is 11.6 Å². The first-order valence-electron chi connectivity index (χ1n) is 7.78. The molecule has 5 nitrogen and oxygen atoms in total.